The van der Waals surface area contributed by atoms with Gasteiger partial charge in [-0.2, -0.15) is 0 Å². The first kappa shape index (κ1) is 20.4. The number of ether oxygens (including phenoxy) is 2. The largest absolute Gasteiger partial charge is 0.493 e. The van der Waals surface area contributed by atoms with E-state index in [2.05, 4.69) is 4.98 Å². The number of nitrogens with zero attached hydrogens (tertiary/aromatic N) is 2. The maximum Gasteiger partial charge on any atom is 0.253 e. The number of carbonyl (C=O) groups excluding carboxylic acids is 1. The number of likely N-dealkylation sites (tertiary alicyclic amines) is 1. The Labute approximate surface area is 181 Å². The molecule has 4 rings (SSSR count). The van der Waals surface area contributed by atoms with Gasteiger partial charge in [-0.15, -0.1) is 11.3 Å². The standard InChI is InChI=1S/C24H26N2O3S/c1-18-25-21(17-30-18)16-29-23-9-5-6-20(14-23)24(27)26-12-10-19(11-13-26)15-28-22-7-3-2-4-8-22/h2-9,14,17,19H,10-13,15-16H2,1H3. The predicted molar refractivity (Wildman–Crippen MR) is 118 cm³/mol. The van der Waals surface area contributed by atoms with E-state index in [4.69, 9.17) is 9.47 Å². The fourth-order valence-electron chi connectivity index (χ4n) is 3.57. The van der Waals surface area contributed by atoms with Gasteiger partial charge in [0, 0.05) is 24.0 Å². The van der Waals surface area contributed by atoms with Gasteiger partial charge in [-0.1, -0.05) is 24.3 Å². The minimum Gasteiger partial charge on any atom is -0.493 e. The van der Waals surface area contributed by atoms with Crippen LogP contribution in [0.25, 0.3) is 0 Å². The molecule has 1 aliphatic rings. The van der Waals surface area contributed by atoms with Crippen LogP contribution in [-0.4, -0.2) is 35.5 Å². The summed E-state index contributed by atoms with van der Waals surface area (Å²) in [6, 6.07) is 17.3. The highest BCUT2D eigenvalue weighted by molar-refractivity contribution is 7.09. The number of para-hydroxylation sites is 1. The van der Waals surface area contributed by atoms with Crippen LogP contribution < -0.4 is 9.47 Å². The van der Waals surface area contributed by atoms with Gasteiger partial charge in [-0.3, -0.25) is 4.79 Å². The van der Waals surface area contributed by atoms with Gasteiger partial charge in [-0.05, 0) is 56.0 Å². The highest BCUT2D eigenvalue weighted by atomic mass is 32.1. The minimum atomic E-state index is 0.0624. The van der Waals surface area contributed by atoms with Crippen molar-refractivity contribution in [2.75, 3.05) is 19.7 Å². The first-order valence-electron chi connectivity index (χ1n) is 10.3. The van der Waals surface area contributed by atoms with Crippen molar-refractivity contribution in [1.29, 1.82) is 0 Å². The van der Waals surface area contributed by atoms with Crippen molar-refractivity contribution < 1.29 is 14.3 Å². The summed E-state index contributed by atoms with van der Waals surface area (Å²) in [5.41, 5.74) is 1.58. The van der Waals surface area contributed by atoms with Crippen LogP contribution in [0.1, 0.15) is 33.9 Å². The van der Waals surface area contributed by atoms with E-state index in [-0.39, 0.29) is 5.91 Å². The summed E-state index contributed by atoms with van der Waals surface area (Å²) in [5, 5.41) is 3.02. The normalized spacial score (nSPS) is 14.5. The maximum absolute atomic E-state index is 12.9. The molecule has 0 saturated carbocycles. The molecule has 1 saturated heterocycles. The summed E-state index contributed by atoms with van der Waals surface area (Å²) in [6.07, 6.45) is 1.91. The molecule has 30 heavy (non-hydrogen) atoms. The SMILES string of the molecule is Cc1nc(COc2cccc(C(=O)N3CCC(COc4ccccc4)CC3)c2)cs1. The predicted octanol–water partition coefficient (Wildman–Crippen LogP) is 4.96. The molecule has 0 aliphatic carbocycles. The monoisotopic (exact) mass is 422 g/mol. The van der Waals surface area contributed by atoms with E-state index in [1.807, 2.05) is 71.8 Å². The van der Waals surface area contributed by atoms with Crippen molar-refractivity contribution in [3.8, 4) is 11.5 Å². The molecule has 0 N–H and O–H groups in total. The third-order valence-electron chi connectivity index (χ3n) is 5.26. The Morgan fingerprint density at radius 3 is 2.57 bits per heavy atom. The average Bonchev–Trinajstić information content (AvgIpc) is 3.22. The molecule has 0 bridgehead atoms. The summed E-state index contributed by atoms with van der Waals surface area (Å²) in [5.74, 6) is 2.14. The fourth-order valence-corrected chi connectivity index (χ4v) is 4.16. The van der Waals surface area contributed by atoms with Crippen LogP contribution in [0.3, 0.4) is 0 Å². The van der Waals surface area contributed by atoms with Gasteiger partial charge in [0.15, 0.2) is 0 Å². The summed E-state index contributed by atoms with van der Waals surface area (Å²) in [4.78, 5) is 19.3. The van der Waals surface area contributed by atoms with Crippen molar-refractivity contribution >= 4 is 17.2 Å². The van der Waals surface area contributed by atoms with Gasteiger partial charge < -0.3 is 14.4 Å². The Morgan fingerprint density at radius 1 is 1.07 bits per heavy atom. The van der Waals surface area contributed by atoms with Crippen LogP contribution in [0.4, 0.5) is 0 Å². The van der Waals surface area contributed by atoms with Crippen LogP contribution in [0, 0.1) is 12.8 Å². The van der Waals surface area contributed by atoms with Crippen molar-refractivity contribution in [3.63, 3.8) is 0 Å². The van der Waals surface area contributed by atoms with Crippen LogP contribution in [0.5, 0.6) is 11.5 Å². The molecule has 0 spiro atoms. The molecule has 0 atom stereocenters. The fraction of sp³-hybridized carbons (Fsp3) is 0.333. The molecule has 1 amide bonds. The van der Waals surface area contributed by atoms with E-state index in [0.717, 1.165) is 42.4 Å². The quantitative estimate of drug-likeness (QED) is 0.540. The molecular weight excluding hydrogens is 396 g/mol. The Morgan fingerprint density at radius 2 is 1.83 bits per heavy atom. The zero-order valence-corrected chi connectivity index (χ0v) is 17.9. The number of rotatable bonds is 7. The molecule has 156 valence electrons. The maximum atomic E-state index is 12.9. The van der Waals surface area contributed by atoms with E-state index in [0.29, 0.717) is 30.4 Å². The minimum absolute atomic E-state index is 0.0624. The molecule has 0 unspecified atom stereocenters. The van der Waals surface area contributed by atoms with E-state index in [9.17, 15) is 4.79 Å². The third kappa shape index (κ3) is 5.39. The summed E-state index contributed by atoms with van der Waals surface area (Å²) >= 11 is 1.61. The third-order valence-corrected chi connectivity index (χ3v) is 6.09. The second-order valence-corrected chi connectivity index (χ2v) is 8.60. The van der Waals surface area contributed by atoms with Gasteiger partial charge >= 0.3 is 0 Å². The molecule has 3 aromatic rings. The highest BCUT2D eigenvalue weighted by Gasteiger charge is 2.24. The van der Waals surface area contributed by atoms with Crippen LogP contribution in [-0.2, 0) is 6.61 Å². The number of carbonyl (C=O) groups is 1. The average molecular weight is 423 g/mol. The second kappa shape index (κ2) is 9.76. The Balaban J connectivity index is 1.27. The molecule has 2 aromatic carbocycles. The zero-order chi connectivity index (χ0) is 20.8. The Hall–Kier alpha value is -2.86. The van der Waals surface area contributed by atoms with Crippen LogP contribution in [0.2, 0.25) is 0 Å². The smallest absolute Gasteiger partial charge is 0.253 e. The van der Waals surface area contributed by atoms with Crippen LogP contribution >= 0.6 is 11.3 Å². The number of hydrogen-bond acceptors (Lipinski definition) is 5. The summed E-state index contributed by atoms with van der Waals surface area (Å²) in [6.45, 7) is 4.60. The number of piperidine rings is 1. The number of amides is 1. The van der Waals surface area contributed by atoms with Crippen molar-refractivity contribution in [3.05, 3.63) is 76.2 Å². The first-order chi connectivity index (χ1) is 14.7. The number of benzene rings is 2. The number of aromatic nitrogens is 1. The molecule has 1 aromatic heterocycles. The molecule has 1 aliphatic heterocycles. The van der Waals surface area contributed by atoms with E-state index >= 15 is 0 Å². The molecule has 2 heterocycles. The first-order valence-corrected chi connectivity index (χ1v) is 11.2. The van der Waals surface area contributed by atoms with E-state index in [1.54, 1.807) is 11.3 Å². The molecule has 6 heteroatoms. The molecule has 5 nitrogen and oxygen atoms in total. The lowest BCUT2D eigenvalue weighted by atomic mass is 9.97. The zero-order valence-electron chi connectivity index (χ0n) is 17.1. The lowest BCUT2D eigenvalue weighted by molar-refractivity contribution is 0.0660. The molecule has 1 fully saturated rings. The Kier molecular flexibility index (Phi) is 6.64. The van der Waals surface area contributed by atoms with Gasteiger partial charge in [0.2, 0.25) is 0 Å². The van der Waals surface area contributed by atoms with Crippen molar-refractivity contribution in [1.82, 2.24) is 9.88 Å². The van der Waals surface area contributed by atoms with Crippen molar-refractivity contribution in [2.45, 2.75) is 26.4 Å². The van der Waals surface area contributed by atoms with Crippen molar-refractivity contribution in [2.24, 2.45) is 5.92 Å². The molecular formula is C24H26N2O3S. The van der Waals surface area contributed by atoms with Gasteiger partial charge in [0.05, 0.1) is 17.3 Å². The lowest BCUT2D eigenvalue weighted by Crippen LogP contribution is -2.39. The summed E-state index contributed by atoms with van der Waals surface area (Å²) in [7, 11) is 0. The second-order valence-electron chi connectivity index (χ2n) is 7.53. The van der Waals surface area contributed by atoms with E-state index < -0.39 is 0 Å². The Bertz CT molecular complexity index is 965. The van der Waals surface area contributed by atoms with E-state index in [1.165, 1.54) is 0 Å². The van der Waals surface area contributed by atoms with Gasteiger partial charge in [-0.25, -0.2) is 4.98 Å². The number of aryl methyl sites for hydroxylation is 1. The van der Waals surface area contributed by atoms with Crippen LogP contribution in [0.15, 0.2) is 60.0 Å². The topological polar surface area (TPSA) is 51.7 Å². The number of thiazole rings is 1. The van der Waals surface area contributed by atoms with Gasteiger partial charge in [0.25, 0.3) is 5.91 Å². The lowest BCUT2D eigenvalue weighted by Gasteiger charge is -2.32. The van der Waals surface area contributed by atoms with Gasteiger partial charge in [0.1, 0.15) is 18.1 Å². The summed E-state index contributed by atoms with van der Waals surface area (Å²) < 4.78 is 11.7. The molecule has 0 radical (unpaired) electrons. The highest BCUT2D eigenvalue weighted by Crippen LogP contribution is 2.22. The number of hydrogen-bond donors (Lipinski definition) is 0.